The van der Waals surface area contributed by atoms with Crippen LogP contribution in [0.1, 0.15) is 13.8 Å². The zero-order valence-corrected chi connectivity index (χ0v) is 23.6. The summed E-state index contributed by atoms with van der Waals surface area (Å²) in [6.07, 6.45) is 2.14. The number of para-hydroxylation sites is 3. The number of hydrogen-bond acceptors (Lipinski definition) is 4. The lowest BCUT2D eigenvalue weighted by Gasteiger charge is -2.25. The largest absolute Gasteiger partial charge is 0.457 e. The number of imidazole rings is 1. The van der Waals surface area contributed by atoms with Crippen molar-refractivity contribution in [3.8, 4) is 22.8 Å². The molecule has 0 spiro atoms. The first kappa shape index (κ1) is 24.5. The highest BCUT2D eigenvalue weighted by atomic mass is 16.5. The molecule has 3 heterocycles. The SMILES string of the molecule is CC(C)N1CN(c2cccc(Oc3ccc4c5ccccc5n5cc(-c6ccccc6)nc5c4c3)c2)c2ccccc21. The lowest BCUT2D eigenvalue weighted by atomic mass is 10.1. The van der Waals surface area contributed by atoms with Crippen LogP contribution >= 0.6 is 0 Å². The van der Waals surface area contributed by atoms with Crippen molar-refractivity contribution in [1.82, 2.24) is 9.38 Å². The van der Waals surface area contributed by atoms with Gasteiger partial charge < -0.3 is 14.5 Å². The molecular formula is C37H30N4O. The minimum Gasteiger partial charge on any atom is -0.457 e. The fraction of sp³-hybridized carbons (Fsp3) is 0.108. The molecule has 0 saturated carbocycles. The van der Waals surface area contributed by atoms with Gasteiger partial charge >= 0.3 is 0 Å². The van der Waals surface area contributed by atoms with Gasteiger partial charge in [-0.3, -0.25) is 4.40 Å². The topological polar surface area (TPSA) is 33.0 Å². The summed E-state index contributed by atoms with van der Waals surface area (Å²) < 4.78 is 8.73. The maximum atomic E-state index is 6.52. The summed E-state index contributed by atoms with van der Waals surface area (Å²) in [6.45, 7) is 5.29. The first-order chi connectivity index (χ1) is 20.6. The maximum Gasteiger partial charge on any atom is 0.146 e. The Bertz CT molecular complexity index is 2100. The number of nitrogens with zero attached hydrogens (tertiary/aromatic N) is 4. The van der Waals surface area contributed by atoms with Crippen LogP contribution in [0, 0.1) is 0 Å². The van der Waals surface area contributed by atoms with Crippen LogP contribution in [0.4, 0.5) is 17.1 Å². The molecule has 0 fully saturated rings. The molecule has 204 valence electrons. The number of benzene rings is 5. The number of ether oxygens (including phenoxy) is 1. The van der Waals surface area contributed by atoms with E-state index in [0.29, 0.717) is 6.04 Å². The Hall–Kier alpha value is -5.29. The molecule has 0 bridgehead atoms. The highest BCUT2D eigenvalue weighted by molar-refractivity contribution is 6.12. The highest BCUT2D eigenvalue weighted by Gasteiger charge is 2.28. The molecule has 5 heteroatoms. The van der Waals surface area contributed by atoms with E-state index in [1.807, 2.05) is 12.1 Å². The van der Waals surface area contributed by atoms with Crippen LogP contribution in [0.25, 0.3) is 38.6 Å². The van der Waals surface area contributed by atoms with Crippen LogP contribution in [0.15, 0.2) is 128 Å². The van der Waals surface area contributed by atoms with Crippen molar-refractivity contribution in [2.24, 2.45) is 0 Å². The molecule has 8 rings (SSSR count). The zero-order valence-electron chi connectivity index (χ0n) is 23.6. The van der Waals surface area contributed by atoms with Gasteiger partial charge in [0.15, 0.2) is 0 Å². The highest BCUT2D eigenvalue weighted by Crippen LogP contribution is 2.42. The van der Waals surface area contributed by atoms with Crippen molar-refractivity contribution in [2.75, 3.05) is 16.5 Å². The van der Waals surface area contributed by atoms with E-state index in [-0.39, 0.29) is 0 Å². The monoisotopic (exact) mass is 546 g/mol. The summed E-state index contributed by atoms with van der Waals surface area (Å²) in [7, 11) is 0. The Morgan fingerprint density at radius 2 is 1.43 bits per heavy atom. The number of pyridine rings is 1. The molecule has 42 heavy (non-hydrogen) atoms. The summed E-state index contributed by atoms with van der Waals surface area (Å²) in [5.41, 5.74) is 7.70. The molecule has 0 radical (unpaired) electrons. The van der Waals surface area contributed by atoms with E-state index in [0.717, 1.165) is 57.0 Å². The van der Waals surface area contributed by atoms with E-state index in [1.165, 1.54) is 16.8 Å². The summed E-state index contributed by atoms with van der Waals surface area (Å²) >= 11 is 0. The summed E-state index contributed by atoms with van der Waals surface area (Å²) in [5.74, 6) is 1.59. The molecule has 1 aliphatic rings. The first-order valence-corrected chi connectivity index (χ1v) is 14.4. The Morgan fingerprint density at radius 3 is 2.29 bits per heavy atom. The second-order valence-corrected chi connectivity index (χ2v) is 11.1. The second-order valence-electron chi connectivity index (χ2n) is 11.1. The Kier molecular flexibility index (Phi) is 5.64. The summed E-state index contributed by atoms with van der Waals surface area (Å²) in [4.78, 5) is 9.90. The molecule has 7 aromatic rings. The quantitative estimate of drug-likeness (QED) is 0.201. The van der Waals surface area contributed by atoms with E-state index >= 15 is 0 Å². The van der Waals surface area contributed by atoms with Gasteiger partial charge in [-0.1, -0.05) is 66.7 Å². The molecule has 0 amide bonds. The predicted molar refractivity (Wildman–Crippen MR) is 173 cm³/mol. The second kappa shape index (κ2) is 9.67. The molecule has 5 aromatic carbocycles. The van der Waals surface area contributed by atoms with Gasteiger partial charge in [0.1, 0.15) is 17.1 Å². The molecular weight excluding hydrogens is 516 g/mol. The third-order valence-corrected chi connectivity index (χ3v) is 8.23. The number of fused-ring (bicyclic) bond motifs is 7. The Balaban J connectivity index is 1.20. The van der Waals surface area contributed by atoms with E-state index in [9.17, 15) is 0 Å². The summed E-state index contributed by atoms with van der Waals surface area (Å²) in [6, 6.07) is 42.6. The predicted octanol–water partition coefficient (Wildman–Crippen LogP) is 9.42. The third kappa shape index (κ3) is 3.97. The van der Waals surface area contributed by atoms with Crippen molar-refractivity contribution in [2.45, 2.75) is 19.9 Å². The van der Waals surface area contributed by atoms with Gasteiger partial charge in [0.2, 0.25) is 0 Å². The molecule has 1 aliphatic heterocycles. The van der Waals surface area contributed by atoms with E-state index in [4.69, 9.17) is 9.72 Å². The Morgan fingerprint density at radius 1 is 0.667 bits per heavy atom. The van der Waals surface area contributed by atoms with Crippen LogP contribution < -0.4 is 14.5 Å². The van der Waals surface area contributed by atoms with Gasteiger partial charge in [0, 0.05) is 40.3 Å². The smallest absolute Gasteiger partial charge is 0.146 e. The standard InChI is InChI=1S/C37H30N4O/c1-25(2)40-24-41(36-18-9-8-17-35(36)40)27-13-10-14-28(21-27)42-29-19-20-30-31-15-6-7-16-34(31)39-23-33(26-11-4-3-5-12-26)38-37(39)32(30)22-29/h3-23,25H,24H2,1-2H3. The van der Waals surface area contributed by atoms with Crippen molar-refractivity contribution >= 4 is 44.4 Å². The fourth-order valence-electron chi connectivity index (χ4n) is 6.17. The van der Waals surface area contributed by atoms with E-state index in [2.05, 4.69) is 143 Å². The molecule has 0 unspecified atom stereocenters. The molecule has 0 aliphatic carbocycles. The Labute approximate surface area is 244 Å². The van der Waals surface area contributed by atoms with Crippen molar-refractivity contribution in [3.05, 3.63) is 128 Å². The minimum atomic E-state index is 0.408. The van der Waals surface area contributed by atoms with Crippen molar-refractivity contribution in [3.63, 3.8) is 0 Å². The number of hydrogen-bond donors (Lipinski definition) is 0. The van der Waals surface area contributed by atoms with Gasteiger partial charge in [-0.15, -0.1) is 0 Å². The van der Waals surface area contributed by atoms with Crippen LogP contribution in [0.5, 0.6) is 11.5 Å². The number of aromatic nitrogens is 2. The molecule has 0 N–H and O–H groups in total. The van der Waals surface area contributed by atoms with E-state index < -0.39 is 0 Å². The average Bonchev–Trinajstić information content (AvgIpc) is 3.65. The third-order valence-electron chi connectivity index (χ3n) is 8.23. The minimum absolute atomic E-state index is 0.408. The van der Waals surface area contributed by atoms with Gasteiger partial charge in [0.05, 0.1) is 29.3 Å². The van der Waals surface area contributed by atoms with Crippen molar-refractivity contribution in [1.29, 1.82) is 0 Å². The first-order valence-electron chi connectivity index (χ1n) is 14.4. The van der Waals surface area contributed by atoms with Gasteiger partial charge in [-0.05, 0) is 67.8 Å². The van der Waals surface area contributed by atoms with Gasteiger partial charge in [0.25, 0.3) is 0 Å². The van der Waals surface area contributed by atoms with E-state index in [1.54, 1.807) is 0 Å². The zero-order chi connectivity index (χ0) is 28.2. The number of rotatable bonds is 5. The number of anilines is 3. The average molecular weight is 547 g/mol. The molecule has 0 atom stereocenters. The lowest BCUT2D eigenvalue weighted by molar-refractivity contribution is 0.483. The normalized spacial score (nSPS) is 13.0. The van der Waals surface area contributed by atoms with Gasteiger partial charge in [-0.25, -0.2) is 4.98 Å². The van der Waals surface area contributed by atoms with Crippen LogP contribution in [0.2, 0.25) is 0 Å². The van der Waals surface area contributed by atoms with Crippen LogP contribution in [-0.2, 0) is 0 Å². The van der Waals surface area contributed by atoms with Crippen LogP contribution in [0.3, 0.4) is 0 Å². The fourth-order valence-corrected chi connectivity index (χ4v) is 6.17. The molecule has 0 saturated heterocycles. The lowest BCUT2D eigenvalue weighted by Crippen LogP contribution is -2.33. The van der Waals surface area contributed by atoms with Crippen LogP contribution in [-0.4, -0.2) is 22.1 Å². The van der Waals surface area contributed by atoms with Crippen molar-refractivity contribution < 1.29 is 4.74 Å². The molecule has 2 aromatic heterocycles. The maximum absolute atomic E-state index is 6.52. The summed E-state index contributed by atoms with van der Waals surface area (Å²) in [5, 5.41) is 3.41. The van der Waals surface area contributed by atoms with Gasteiger partial charge in [-0.2, -0.15) is 0 Å². The molecule has 5 nitrogen and oxygen atoms in total.